The van der Waals surface area contributed by atoms with Crippen molar-refractivity contribution in [2.24, 2.45) is 4.99 Å². The van der Waals surface area contributed by atoms with Gasteiger partial charge in [-0.05, 0) is 51.5 Å². The number of rotatable bonds is 3. The Balaban J connectivity index is 2.16. The number of methoxy groups -OCH3 is 1. The van der Waals surface area contributed by atoms with Gasteiger partial charge in [-0.25, -0.2) is 9.79 Å². The van der Waals surface area contributed by atoms with Crippen LogP contribution in [0.5, 0.6) is 0 Å². The number of hydrogen-bond donors (Lipinski definition) is 0. The molecule has 1 aliphatic heterocycles. The quantitative estimate of drug-likeness (QED) is 0.764. The Bertz CT molecular complexity index is 797. The van der Waals surface area contributed by atoms with E-state index in [1.807, 2.05) is 65.6 Å². The van der Waals surface area contributed by atoms with Crippen LogP contribution in [0.3, 0.4) is 0 Å². The van der Waals surface area contributed by atoms with Gasteiger partial charge < -0.3 is 9.64 Å². The van der Waals surface area contributed by atoms with Crippen LogP contribution in [0.4, 0.5) is 11.4 Å². The van der Waals surface area contributed by atoms with Gasteiger partial charge in [0.05, 0.1) is 12.8 Å². The molecule has 0 N–H and O–H groups in total. The van der Waals surface area contributed by atoms with Gasteiger partial charge in [0, 0.05) is 17.8 Å². The maximum Gasteiger partial charge on any atom is 0.329 e. The summed E-state index contributed by atoms with van der Waals surface area (Å²) in [5.74, 6) is 0.523. The van der Waals surface area contributed by atoms with Crippen molar-refractivity contribution >= 4 is 23.3 Å². The zero-order valence-corrected chi connectivity index (χ0v) is 16.4. The molecule has 5 heteroatoms. The lowest BCUT2D eigenvalue weighted by Gasteiger charge is -2.48. The number of ether oxygens (including phenoxy) is 1. The lowest BCUT2D eigenvalue weighted by molar-refractivity contribution is -0.142. The second kappa shape index (κ2) is 7.82. The number of hydrogen-bond acceptors (Lipinski definition) is 3. The molecule has 1 heterocycles. The van der Waals surface area contributed by atoms with Crippen LogP contribution in [0.2, 0.25) is 0 Å². The molecule has 3 rings (SSSR count). The van der Waals surface area contributed by atoms with Crippen LogP contribution >= 0.6 is 0 Å². The SMILES string of the molecule is COC(=O)C1CCN(C(C)(C)C)C(=Nc2ccccc2)N1c1ccccc1. The highest BCUT2D eigenvalue weighted by Gasteiger charge is 2.41. The van der Waals surface area contributed by atoms with Crippen LogP contribution in [-0.4, -0.2) is 42.1 Å². The van der Waals surface area contributed by atoms with E-state index in [9.17, 15) is 4.79 Å². The van der Waals surface area contributed by atoms with Gasteiger partial charge in [0.25, 0.3) is 0 Å². The van der Waals surface area contributed by atoms with E-state index < -0.39 is 6.04 Å². The number of esters is 1. The standard InChI is InChI=1S/C22H27N3O2/c1-22(2,3)24-16-15-19(20(26)27-4)25(18-13-9-6-10-14-18)21(24)23-17-11-7-5-8-12-17/h5-14,19H,15-16H2,1-4H3. The molecular weight excluding hydrogens is 338 g/mol. The molecule has 0 radical (unpaired) electrons. The third-order valence-electron chi connectivity index (χ3n) is 4.70. The fraction of sp³-hybridized carbons (Fsp3) is 0.364. The van der Waals surface area contributed by atoms with Crippen molar-refractivity contribution in [3.8, 4) is 0 Å². The van der Waals surface area contributed by atoms with Crippen LogP contribution in [0.1, 0.15) is 27.2 Å². The number of nitrogens with zero attached hydrogens (tertiary/aromatic N) is 3. The van der Waals surface area contributed by atoms with E-state index in [0.717, 1.165) is 23.9 Å². The van der Waals surface area contributed by atoms with E-state index in [1.165, 1.54) is 7.11 Å². The van der Waals surface area contributed by atoms with Gasteiger partial charge in [0.15, 0.2) is 0 Å². The van der Waals surface area contributed by atoms with E-state index >= 15 is 0 Å². The summed E-state index contributed by atoms with van der Waals surface area (Å²) in [6, 6.07) is 19.4. The fourth-order valence-electron chi connectivity index (χ4n) is 3.36. The number of benzene rings is 2. The smallest absolute Gasteiger partial charge is 0.329 e. The predicted octanol–water partition coefficient (Wildman–Crippen LogP) is 4.23. The van der Waals surface area contributed by atoms with Crippen molar-refractivity contribution in [3.63, 3.8) is 0 Å². The monoisotopic (exact) mass is 365 g/mol. The summed E-state index contributed by atoms with van der Waals surface area (Å²) in [5, 5.41) is 0. The normalized spacial score (nSPS) is 19.3. The summed E-state index contributed by atoms with van der Waals surface area (Å²) in [6.45, 7) is 7.22. The molecule has 2 aromatic rings. The summed E-state index contributed by atoms with van der Waals surface area (Å²) in [4.78, 5) is 21.8. The molecule has 2 aromatic carbocycles. The Hall–Kier alpha value is -2.82. The fourth-order valence-corrected chi connectivity index (χ4v) is 3.36. The first-order valence-corrected chi connectivity index (χ1v) is 9.25. The number of aliphatic imine (C=N–C) groups is 1. The van der Waals surface area contributed by atoms with Crippen molar-refractivity contribution in [2.75, 3.05) is 18.6 Å². The Morgan fingerprint density at radius 1 is 1.04 bits per heavy atom. The largest absolute Gasteiger partial charge is 0.467 e. The maximum absolute atomic E-state index is 12.6. The molecule has 1 saturated heterocycles. The molecule has 1 fully saturated rings. The Kier molecular flexibility index (Phi) is 5.49. The van der Waals surface area contributed by atoms with Crippen molar-refractivity contribution in [3.05, 3.63) is 60.7 Å². The second-order valence-corrected chi connectivity index (χ2v) is 7.60. The molecule has 1 unspecified atom stereocenters. The number of guanidine groups is 1. The summed E-state index contributed by atoms with van der Waals surface area (Å²) in [7, 11) is 1.44. The highest BCUT2D eigenvalue weighted by Crippen LogP contribution is 2.31. The molecule has 1 aliphatic rings. The van der Waals surface area contributed by atoms with E-state index in [4.69, 9.17) is 9.73 Å². The van der Waals surface area contributed by atoms with Gasteiger partial charge >= 0.3 is 5.97 Å². The molecule has 1 atom stereocenters. The topological polar surface area (TPSA) is 45.1 Å². The summed E-state index contributed by atoms with van der Waals surface area (Å²) < 4.78 is 5.11. The molecule has 0 aromatic heterocycles. The number of carbonyl (C=O) groups excluding carboxylic acids is 1. The summed E-state index contributed by atoms with van der Waals surface area (Å²) >= 11 is 0. The first-order valence-electron chi connectivity index (χ1n) is 9.25. The van der Waals surface area contributed by atoms with Crippen molar-refractivity contribution in [1.29, 1.82) is 0 Å². The minimum Gasteiger partial charge on any atom is -0.467 e. The molecule has 0 saturated carbocycles. The van der Waals surface area contributed by atoms with Gasteiger partial charge in [-0.1, -0.05) is 36.4 Å². The molecule has 0 aliphatic carbocycles. The highest BCUT2D eigenvalue weighted by atomic mass is 16.5. The van der Waals surface area contributed by atoms with Gasteiger partial charge in [-0.2, -0.15) is 0 Å². The van der Waals surface area contributed by atoms with Gasteiger partial charge in [0.1, 0.15) is 6.04 Å². The van der Waals surface area contributed by atoms with E-state index in [2.05, 4.69) is 25.7 Å². The minimum absolute atomic E-state index is 0.137. The van der Waals surface area contributed by atoms with E-state index in [1.54, 1.807) is 0 Å². The maximum atomic E-state index is 12.6. The minimum atomic E-state index is -0.404. The molecule has 0 bridgehead atoms. The van der Waals surface area contributed by atoms with Crippen molar-refractivity contribution in [1.82, 2.24) is 4.90 Å². The second-order valence-electron chi connectivity index (χ2n) is 7.60. The van der Waals surface area contributed by atoms with Crippen molar-refractivity contribution < 1.29 is 9.53 Å². The van der Waals surface area contributed by atoms with Crippen LogP contribution in [0.15, 0.2) is 65.7 Å². The van der Waals surface area contributed by atoms with E-state index in [-0.39, 0.29) is 11.5 Å². The Morgan fingerprint density at radius 3 is 2.19 bits per heavy atom. The Morgan fingerprint density at radius 2 is 1.63 bits per heavy atom. The van der Waals surface area contributed by atoms with Crippen LogP contribution in [-0.2, 0) is 9.53 Å². The molecule has 0 spiro atoms. The lowest BCUT2D eigenvalue weighted by atomic mass is 10.0. The number of para-hydroxylation sites is 2. The molecule has 27 heavy (non-hydrogen) atoms. The van der Waals surface area contributed by atoms with Crippen LogP contribution < -0.4 is 4.90 Å². The first-order chi connectivity index (χ1) is 12.9. The van der Waals surface area contributed by atoms with Gasteiger partial charge in [-0.3, -0.25) is 4.90 Å². The summed E-state index contributed by atoms with van der Waals surface area (Å²) in [5.41, 5.74) is 1.64. The van der Waals surface area contributed by atoms with E-state index in [0.29, 0.717) is 6.42 Å². The Labute approximate surface area is 161 Å². The predicted molar refractivity (Wildman–Crippen MR) is 109 cm³/mol. The zero-order valence-electron chi connectivity index (χ0n) is 16.4. The molecule has 0 amide bonds. The third kappa shape index (κ3) is 4.13. The van der Waals surface area contributed by atoms with Crippen molar-refractivity contribution in [2.45, 2.75) is 38.8 Å². The first kappa shape index (κ1) is 19.0. The number of anilines is 1. The third-order valence-corrected chi connectivity index (χ3v) is 4.70. The average molecular weight is 365 g/mol. The molecule has 142 valence electrons. The van der Waals surface area contributed by atoms with Gasteiger partial charge in [-0.15, -0.1) is 0 Å². The van der Waals surface area contributed by atoms with Crippen LogP contribution in [0.25, 0.3) is 0 Å². The van der Waals surface area contributed by atoms with Gasteiger partial charge in [0.2, 0.25) is 5.96 Å². The molecule has 5 nitrogen and oxygen atoms in total. The molecular formula is C22H27N3O2. The highest BCUT2D eigenvalue weighted by molar-refractivity contribution is 6.03. The lowest BCUT2D eigenvalue weighted by Crippen LogP contribution is -2.62. The average Bonchev–Trinajstić information content (AvgIpc) is 2.67. The van der Waals surface area contributed by atoms with Crippen LogP contribution in [0, 0.1) is 0 Å². The zero-order chi connectivity index (χ0) is 19.4. The summed E-state index contributed by atoms with van der Waals surface area (Å²) in [6.07, 6.45) is 0.673. The number of carbonyl (C=O) groups is 1.